The molecular weight excluding hydrogens is 330 g/mol. The number of ether oxygens (including phenoxy) is 1. The fourth-order valence-corrected chi connectivity index (χ4v) is 3.33. The average molecular weight is 357 g/mol. The van der Waals surface area contributed by atoms with E-state index in [1.165, 1.54) is 7.11 Å². The van der Waals surface area contributed by atoms with Gasteiger partial charge in [-0.25, -0.2) is 0 Å². The summed E-state index contributed by atoms with van der Waals surface area (Å²) in [4.78, 5) is 26.9. The largest absolute Gasteiger partial charge is 0.496 e. The highest BCUT2D eigenvalue weighted by atomic mass is 16.5. The maximum absolute atomic E-state index is 12.8. The minimum atomic E-state index is -0.409. The molecule has 1 saturated heterocycles. The van der Waals surface area contributed by atoms with Gasteiger partial charge in [0.25, 0.3) is 0 Å². The quantitative estimate of drug-likeness (QED) is 0.849. The van der Waals surface area contributed by atoms with Crippen molar-refractivity contribution in [3.63, 3.8) is 0 Å². The molecule has 140 valence electrons. The molecule has 6 nitrogen and oxygen atoms in total. The van der Waals surface area contributed by atoms with Crippen molar-refractivity contribution < 1.29 is 14.3 Å². The predicted molar refractivity (Wildman–Crippen MR) is 98.5 cm³/mol. The molecule has 6 heteroatoms. The average Bonchev–Trinajstić information content (AvgIpc) is 3.10. The molecule has 1 aliphatic heterocycles. The summed E-state index contributed by atoms with van der Waals surface area (Å²) in [5.41, 5.74) is 1.31. The van der Waals surface area contributed by atoms with E-state index < -0.39 is 6.04 Å². The molecular formula is C20H27N3O3. The molecule has 0 radical (unpaired) electrons. The van der Waals surface area contributed by atoms with Gasteiger partial charge in [-0.05, 0) is 37.8 Å². The molecule has 1 heterocycles. The van der Waals surface area contributed by atoms with Crippen molar-refractivity contribution in [3.8, 4) is 11.8 Å². The number of amides is 2. The first-order valence-corrected chi connectivity index (χ1v) is 9.05. The molecule has 1 aromatic rings. The van der Waals surface area contributed by atoms with E-state index >= 15 is 0 Å². The van der Waals surface area contributed by atoms with E-state index in [9.17, 15) is 9.59 Å². The Morgan fingerprint density at radius 2 is 2.12 bits per heavy atom. The Bertz CT molecular complexity index is 709. The second kappa shape index (κ2) is 8.70. The number of nitrogens with zero attached hydrogens (tertiary/aromatic N) is 2. The van der Waals surface area contributed by atoms with Crippen LogP contribution in [0.3, 0.4) is 0 Å². The highest BCUT2D eigenvalue weighted by Gasteiger charge is 2.34. The number of carbonyl (C=O) groups excluding carboxylic acids is 2. The number of nitrogens with one attached hydrogen (secondary N) is 1. The molecule has 0 saturated carbocycles. The Hall–Kier alpha value is -2.55. The fourth-order valence-electron chi connectivity index (χ4n) is 3.33. The molecule has 0 aliphatic carbocycles. The second-order valence-electron chi connectivity index (χ2n) is 7.14. The smallest absolute Gasteiger partial charge is 0.243 e. The van der Waals surface area contributed by atoms with Crippen molar-refractivity contribution >= 4 is 11.8 Å². The first-order chi connectivity index (χ1) is 12.4. The van der Waals surface area contributed by atoms with E-state index in [2.05, 4.69) is 11.4 Å². The Morgan fingerprint density at radius 3 is 2.73 bits per heavy atom. The number of likely N-dealkylation sites (tertiary alicyclic amines) is 1. The molecule has 2 rings (SSSR count). The van der Waals surface area contributed by atoms with E-state index in [0.717, 1.165) is 12.0 Å². The maximum atomic E-state index is 12.8. The van der Waals surface area contributed by atoms with Crippen LogP contribution < -0.4 is 10.1 Å². The van der Waals surface area contributed by atoms with Crippen LogP contribution in [0, 0.1) is 17.2 Å². The van der Waals surface area contributed by atoms with Crippen molar-refractivity contribution in [3.05, 3.63) is 29.3 Å². The SMILES string of the molecule is COc1cc(C#N)ccc1[C@H](C)NC(=O)C1CCCN1C(=O)CC(C)C. The summed E-state index contributed by atoms with van der Waals surface area (Å²) in [5.74, 6) is 0.740. The van der Waals surface area contributed by atoms with Gasteiger partial charge in [0.05, 0.1) is 24.8 Å². The second-order valence-corrected chi connectivity index (χ2v) is 7.14. The number of hydrogen-bond donors (Lipinski definition) is 1. The maximum Gasteiger partial charge on any atom is 0.243 e. The highest BCUT2D eigenvalue weighted by Crippen LogP contribution is 2.27. The Kier molecular flexibility index (Phi) is 6.62. The van der Waals surface area contributed by atoms with Gasteiger partial charge >= 0.3 is 0 Å². The molecule has 0 aromatic heterocycles. The zero-order chi connectivity index (χ0) is 19.3. The summed E-state index contributed by atoms with van der Waals surface area (Å²) in [6, 6.07) is 6.53. The number of benzene rings is 1. The van der Waals surface area contributed by atoms with Gasteiger partial charge in [-0.1, -0.05) is 19.9 Å². The molecule has 26 heavy (non-hydrogen) atoms. The van der Waals surface area contributed by atoms with Gasteiger partial charge in [-0.2, -0.15) is 5.26 Å². The molecule has 1 aromatic carbocycles. The van der Waals surface area contributed by atoms with Crippen LogP contribution in [0.2, 0.25) is 0 Å². The van der Waals surface area contributed by atoms with Gasteiger partial charge in [-0.15, -0.1) is 0 Å². The lowest BCUT2D eigenvalue weighted by atomic mass is 10.0. The van der Waals surface area contributed by atoms with Crippen molar-refractivity contribution in [2.45, 2.75) is 52.1 Å². The summed E-state index contributed by atoms with van der Waals surface area (Å²) >= 11 is 0. The Balaban J connectivity index is 2.09. The first-order valence-electron chi connectivity index (χ1n) is 9.05. The monoisotopic (exact) mass is 357 g/mol. The van der Waals surface area contributed by atoms with E-state index in [1.807, 2.05) is 20.8 Å². The lowest BCUT2D eigenvalue weighted by Crippen LogP contribution is -2.46. The van der Waals surface area contributed by atoms with E-state index in [-0.39, 0.29) is 23.8 Å². The minimum absolute atomic E-state index is 0.0428. The number of hydrogen-bond acceptors (Lipinski definition) is 4. The molecule has 0 spiro atoms. The molecule has 1 fully saturated rings. The van der Waals surface area contributed by atoms with E-state index in [0.29, 0.717) is 30.7 Å². The van der Waals surface area contributed by atoms with Crippen molar-refractivity contribution in [2.24, 2.45) is 5.92 Å². The zero-order valence-electron chi connectivity index (χ0n) is 15.9. The third kappa shape index (κ3) is 4.54. The van der Waals surface area contributed by atoms with Crippen molar-refractivity contribution in [1.29, 1.82) is 5.26 Å². The number of methoxy groups -OCH3 is 1. The minimum Gasteiger partial charge on any atom is -0.496 e. The van der Waals surface area contributed by atoms with Crippen LogP contribution >= 0.6 is 0 Å². The summed E-state index contributed by atoms with van der Waals surface area (Å²) in [7, 11) is 1.54. The highest BCUT2D eigenvalue weighted by molar-refractivity contribution is 5.88. The topological polar surface area (TPSA) is 82.4 Å². The van der Waals surface area contributed by atoms with Crippen molar-refractivity contribution in [2.75, 3.05) is 13.7 Å². The number of rotatable bonds is 6. The van der Waals surface area contributed by atoms with Crippen LogP contribution in [-0.4, -0.2) is 36.4 Å². The molecule has 2 atom stereocenters. The number of nitriles is 1. The van der Waals surface area contributed by atoms with Gasteiger partial charge in [0.1, 0.15) is 11.8 Å². The Morgan fingerprint density at radius 1 is 1.38 bits per heavy atom. The molecule has 1 N–H and O–H groups in total. The summed E-state index contributed by atoms with van der Waals surface area (Å²) < 4.78 is 5.35. The summed E-state index contributed by atoms with van der Waals surface area (Å²) in [5, 5.41) is 12.0. The molecule has 0 bridgehead atoms. The van der Waals surface area contributed by atoms with Gasteiger partial charge in [0.15, 0.2) is 0 Å². The third-order valence-electron chi connectivity index (χ3n) is 4.65. The molecule has 2 amide bonds. The van der Waals surface area contributed by atoms with Crippen LogP contribution in [0.5, 0.6) is 5.75 Å². The van der Waals surface area contributed by atoms with E-state index in [1.54, 1.807) is 23.1 Å². The fraction of sp³-hybridized carbons (Fsp3) is 0.550. The van der Waals surface area contributed by atoms with E-state index in [4.69, 9.17) is 10.00 Å². The van der Waals surface area contributed by atoms with Crippen molar-refractivity contribution in [1.82, 2.24) is 10.2 Å². The lowest BCUT2D eigenvalue weighted by molar-refractivity contribution is -0.139. The van der Waals surface area contributed by atoms with Gasteiger partial charge < -0.3 is 15.0 Å². The zero-order valence-corrected chi connectivity index (χ0v) is 15.9. The Labute approximate surface area is 155 Å². The summed E-state index contributed by atoms with van der Waals surface area (Å²) in [6.07, 6.45) is 1.99. The first kappa shape index (κ1) is 19.8. The third-order valence-corrected chi connectivity index (χ3v) is 4.65. The van der Waals surface area contributed by atoms with Crippen LogP contribution in [0.25, 0.3) is 0 Å². The normalized spacial score (nSPS) is 17.7. The van der Waals surface area contributed by atoms with Gasteiger partial charge in [0.2, 0.25) is 11.8 Å². The molecule has 1 aliphatic rings. The summed E-state index contributed by atoms with van der Waals surface area (Å²) in [6.45, 7) is 6.51. The van der Waals surface area contributed by atoms with Gasteiger partial charge in [-0.3, -0.25) is 9.59 Å². The predicted octanol–water partition coefficient (Wildman–Crippen LogP) is 2.78. The standard InChI is InChI=1S/C20H27N3O3/c1-13(2)10-19(24)23-9-5-6-17(23)20(25)22-14(3)16-8-7-15(12-21)11-18(16)26-4/h7-8,11,13-14,17H,5-6,9-10H2,1-4H3,(H,22,25)/t14-,17?/m0/s1. The van der Waals surface area contributed by atoms with Crippen LogP contribution in [0.15, 0.2) is 18.2 Å². The van der Waals surface area contributed by atoms with Crippen LogP contribution in [-0.2, 0) is 9.59 Å². The van der Waals surface area contributed by atoms with Gasteiger partial charge in [0, 0.05) is 18.5 Å². The number of carbonyl (C=O) groups is 2. The van der Waals surface area contributed by atoms with Crippen LogP contribution in [0.1, 0.15) is 57.2 Å². The van der Waals surface area contributed by atoms with Crippen LogP contribution in [0.4, 0.5) is 0 Å². The molecule has 1 unspecified atom stereocenters. The lowest BCUT2D eigenvalue weighted by Gasteiger charge is -2.26.